The highest BCUT2D eigenvalue weighted by Crippen LogP contribution is 2.31. The molecule has 0 saturated carbocycles. The maximum Gasteiger partial charge on any atom is 0.261 e. The third-order valence-corrected chi connectivity index (χ3v) is 5.65. The van der Waals surface area contributed by atoms with Gasteiger partial charge in [0.25, 0.3) is 10.0 Å². The van der Waals surface area contributed by atoms with Crippen LogP contribution in [0.5, 0.6) is 0 Å². The summed E-state index contributed by atoms with van der Waals surface area (Å²) < 4.78 is 27.4. The van der Waals surface area contributed by atoms with Gasteiger partial charge in [0, 0.05) is 23.4 Å². The Morgan fingerprint density at radius 3 is 2.61 bits per heavy atom. The third kappa shape index (κ3) is 2.92. The lowest BCUT2D eigenvalue weighted by molar-refractivity contribution is -0.117. The molecular weight excluding hydrogens is 336 g/mol. The fourth-order valence-electron chi connectivity index (χ4n) is 2.49. The van der Waals surface area contributed by atoms with Crippen LogP contribution in [0.4, 0.5) is 11.4 Å². The molecule has 7 heteroatoms. The zero-order valence-electron chi connectivity index (χ0n) is 12.6. The highest BCUT2D eigenvalue weighted by molar-refractivity contribution is 7.92. The maximum atomic E-state index is 12.4. The molecule has 0 radical (unpaired) electrons. The first-order valence-electron chi connectivity index (χ1n) is 6.96. The number of likely N-dealkylation sites (N-methyl/N-ethyl adjacent to an activating group) is 1. The Labute approximate surface area is 139 Å². The summed E-state index contributed by atoms with van der Waals surface area (Å²) in [5.74, 6) is -0.00896. The molecule has 1 heterocycles. The number of carbonyl (C=O) groups is 1. The second-order valence-corrected chi connectivity index (χ2v) is 7.58. The van der Waals surface area contributed by atoms with Gasteiger partial charge in [0.05, 0.1) is 11.3 Å². The Hall–Kier alpha value is -2.05. The van der Waals surface area contributed by atoms with Crippen molar-refractivity contribution in [1.29, 1.82) is 0 Å². The molecule has 120 valence electrons. The average molecular weight is 351 g/mol. The number of anilines is 2. The van der Waals surface area contributed by atoms with E-state index < -0.39 is 10.0 Å². The molecule has 0 bridgehead atoms. The minimum Gasteiger partial charge on any atom is -0.315 e. The van der Waals surface area contributed by atoms with Crippen molar-refractivity contribution in [2.24, 2.45) is 0 Å². The molecule has 1 aliphatic heterocycles. The number of amides is 1. The number of benzene rings is 2. The molecule has 1 N–H and O–H groups in total. The van der Waals surface area contributed by atoms with Crippen molar-refractivity contribution in [1.82, 2.24) is 0 Å². The van der Waals surface area contributed by atoms with E-state index in [9.17, 15) is 13.2 Å². The fraction of sp³-hybridized carbons (Fsp3) is 0.188. The molecule has 0 spiro atoms. The fourth-order valence-corrected chi connectivity index (χ4v) is 3.81. The average Bonchev–Trinajstić information content (AvgIpc) is 2.76. The lowest BCUT2D eigenvalue weighted by Gasteiger charge is -2.12. The highest BCUT2D eigenvalue weighted by Gasteiger charge is 2.24. The van der Waals surface area contributed by atoms with Crippen LogP contribution in [0.25, 0.3) is 0 Å². The van der Waals surface area contributed by atoms with Gasteiger partial charge in [-0.3, -0.25) is 9.52 Å². The Morgan fingerprint density at radius 1 is 1.17 bits per heavy atom. The van der Waals surface area contributed by atoms with E-state index in [4.69, 9.17) is 11.6 Å². The first-order valence-corrected chi connectivity index (χ1v) is 8.82. The van der Waals surface area contributed by atoms with Crippen LogP contribution >= 0.6 is 11.6 Å². The van der Waals surface area contributed by atoms with Crippen molar-refractivity contribution in [3.8, 4) is 0 Å². The van der Waals surface area contributed by atoms with Crippen molar-refractivity contribution in [2.75, 3.05) is 16.7 Å². The van der Waals surface area contributed by atoms with Gasteiger partial charge in [-0.15, -0.1) is 0 Å². The van der Waals surface area contributed by atoms with Crippen molar-refractivity contribution in [3.63, 3.8) is 0 Å². The summed E-state index contributed by atoms with van der Waals surface area (Å²) in [4.78, 5) is 13.4. The van der Waals surface area contributed by atoms with Gasteiger partial charge in [0.2, 0.25) is 5.91 Å². The molecule has 2 aromatic carbocycles. The minimum absolute atomic E-state index is 0.00896. The van der Waals surface area contributed by atoms with Gasteiger partial charge in [0.15, 0.2) is 0 Å². The monoisotopic (exact) mass is 350 g/mol. The molecule has 0 aliphatic carbocycles. The van der Waals surface area contributed by atoms with Crippen molar-refractivity contribution in [3.05, 3.63) is 52.5 Å². The molecule has 1 aliphatic rings. The lowest BCUT2D eigenvalue weighted by Crippen LogP contribution is -2.20. The molecule has 1 amide bonds. The molecule has 0 atom stereocenters. The molecule has 5 nitrogen and oxygen atoms in total. The number of hydrogen-bond acceptors (Lipinski definition) is 3. The van der Waals surface area contributed by atoms with E-state index in [0.29, 0.717) is 10.7 Å². The predicted molar refractivity (Wildman–Crippen MR) is 90.6 cm³/mol. The molecule has 2 aromatic rings. The Bertz CT molecular complexity index is 910. The van der Waals surface area contributed by atoms with Crippen LogP contribution in [0, 0.1) is 6.92 Å². The molecule has 0 aromatic heterocycles. The number of halogens is 1. The van der Waals surface area contributed by atoms with Crippen molar-refractivity contribution >= 4 is 38.9 Å². The molecule has 23 heavy (non-hydrogen) atoms. The second-order valence-electron chi connectivity index (χ2n) is 5.49. The van der Waals surface area contributed by atoms with Gasteiger partial charge < -0.3 is 4.90 Å². The van der Waals surface area contributed by atoms with Crippen molar-refractivity contribution in [2.45, 2.75) is 18.2 Å². The summed E-state index contributed by atoms with van der Waals surface area (Å²) in [6, 6.07) is 9.65. The number of hydrogen-bond donors (Lipinski definition) is 1. The normalized spacial score (nSPS) is 14.0. The summed E-state index contributed by atoms with van der Waals surface area (Å²) in [6.07, 6.45) is 0.276. The van der Waals surface area contributed by atoms with Crippen LogP contribution in [-0.2, 0) is 21.2 Å². The standard InChI is InChI=1S/C16H15ClN2O3S/c1-10-3-5-13(9-14(10)17)23(21,22)18-12-4-6-15-11(7-12)8-16(20)19(15)2/h3-7,9,18H,8H2,1-2H3. The van der Waals surface area contributed by atoms with E-state index in [0.717, 1.165) is 16.8 Å². The van der Waals surface area contributed by atoms with Crippen LogP contribution < -0.4 is 9.62 Å². The van der Waals surface area contributed by atoms with Gasteiger partial charge in [-0.25, -0.2) is 8.42 Å². The summed E-state index contributed by atoms with van der Waals surface area (Å²) in [5.41, 5.74) is 2.84. The van der Waals surface area contributed by atoms with E-state index in [1.165, 1.54) is 12.1 Å². The van der Waals surface area contributed by atoms with Gasteiger partial charge >= 0.3 is 0 Å². The third-order valence-electron chi connectivity index (χ3n) is 3.86. The molecule has 0 fully saturated rings. The van der Waals surface area contributed by atoms with E-state index in [1.807, 2.05) is 0 Å². The second kappa shape index (κ2) is 5.54. The topological polar surface area (TPSA) is 66.5 Å². The minimum atomic E-state index is -3.73. The van der Waals surface area contributed by atoms with E-state index in [1.54, 1.807) is 43.1 Å². The Kier molecular flexibility index (Phi) is 3.82. The first-order chi connectivity index (χ1) is 10.8. The maximum absolute atomic E-state index is 12.4. The SMILES string of the molecule is Cc1ccc(S(=O)(=O)Nc2ccc3c(c2)CC(=O)N3C)cc1Cl. The van der Waals surface area contributed by atoms with Gasteiger partial charge in [0.1, 0.15) is 0 Å². The lowest BCUT2D eigenvalue weighted by atomic mass is 10.1. The number of aryl methyl sites for hydroxylation is 1. The largest absolute Gasteiger partial charge is 0.315 e. The van der Waals surface area contributed by atoms with Crippen molar-refractivity contribution < 1.29 is 13.2 Å². The Balaban J connectivity index is 1.91. The summed E-state index contributed by atoms with van der Waals surface area (Å²) in [6.45, 7) is 1.81. The molecule has 0 unspecified atom stereocenters. The molecular formula is C16H15ClN2O3S. The van der Waals surface area contributed by atoms with Gasteiger partial charge in [-0.1, -0.05) is 17.7 Å². The highest BCUT2D eigenvalue weighted by atomic mass is 35.5. The zero-order chi connectivity index (χ0) is 16.8. The zero-order valence-corrected chi connectivity index (χ0v) is 14.2. The molecule has 3 rings (SSSR count). The summed E-state index contributed by atoms with van der Waals surface area (Å²) in [5, 5.41) is 0.397. The number of nitrogens with zero attached hydrogens (tertiary/aromatic N) is 1. The van der Waals surface area contributed by atoms with E-state index in [2.05, 4.69) is 4.72 Å². The van der Waals surface area contributed by atoms with Crippen LogP contribution in [0.15, 0.2) is 41.3 Å². The predicted octanol–water partition coefficient (Wildman–Crippen LogP) is 2.97. The van der Waals surface area contributed by atoms with Crippen LogP contribution in [0.1, 0.15) is 11.1 Å². The van der Waals surface area contributed by atoms with Crippen LogP contribution in [0.2, 0.25) is 5.02 Å². The van der Waals surface area contributed by atoms with Gasteiger partial charge in [-0.2, -0.15) is 0 Å². The number of sulfonamides is 1. The Morgan fingerprint density at radius 2 is 1.91 bits per heavy atom. The van der Waals surface area contributed by atoms with Crippen LogP contribution in [0.3, 0.4) is 0 Å². The number of rotatable bonds is 3. The molecule has 0 saturated heterocycles. The van der Waals surface area contributed by atoms with Gasteiger partial charge in [-0.05, 0) is 48.4 Å². The smallest absolute Gasteiger partial charge is 0.261 e. The van der Waals surface area contributed by atoms with E-state index in [-0.39, 0.29) is 17.2 Å². The number of fused-ring (bicyclic) bond motifs is 1. The van der Waals surface area contributed by atoms with Crippen LogP contribution in [-0.4, -0.2) is 21.4 Å². The van der Waals surface area contributed by atoms with E-state index >= 15 is 0 Å². The number of nitrogens with one attached hydrogen (secondary N) is 1. The quantitative estimate of drug-likeness (QED) is 0.925. The summed E-state index contributed by atoms with van der Waals surface area (Å²) in [7, 11) is -2.03. The first kappa shape index (κ1) is 15.8. The number of carbonyl (C=O) groups excluding carboxylic acids is 1. The summed E-state index contributed by atoms with van der Waals surface area (Å²) >= 11 is 6.00.